The van der Waals surface area contributed by atoms with E-state index in [4.69, 9.17) is 11.0 Å². The first-order chi connectivity index (χ1) is 9.01. The van der Waals surface area contributed by atoms with E-state index in [1.54, 1.807) is 6.07 Å². The quantitative estimate of drug-likeness (QED) is 0.874. The number of nitriles is 1. The Morgan fingerprint density at radius 3 is 2.53 bits per heavy atom. The molecular weight excluding hydrogens is 257 g/mol. The van der Waals surface area contributed by atoms with Gasteiger partial charge in [-0.2, -0.15) is 5.26 Å². The molecule has 0 unspecified atom stereocenters. The van der Waals surface area contributed by atoms with Crippen molar-refractivity contribution < 1.29 is 13.2 Å². The van der Waals surface area contributed by atoms with Crippen LogP contribution in [0, 0.1) is 28.8 Å². The summed E-state index contributed by atoms with van der Waals surface area (Å²) >= 11 is 0. The number of halogens is 3. The predicted molar refractivity (Wildman–Crippen MR) is 63.0 cm³/mol. The van der Waals surface area contributed by atoms with Crippen LogP contribution in [0.3, 0.4) is 0 Å². The van der Waals surface area contributed by atoms with Gasteiger partial charge in [-0.15, -0.1) is 0 Å². The Morgan fingerprint density at radius 2 is 1.84 bits per heavy atom. The highest BCUT2D eigenvalue weighted by molar-refractivity contribution is 5.60. The van der Waals surface area contributed by atoms with Gasteiger partial charge in [0.25, 0.3) is 0 Å². The van der Waals surface area contributed by atoms with Crippen LogP contribution in [0.2, 0.25) is 0 Å². The minimum Gasteiger partial charge on any atom is -0.381 e. The summed E-state index contributed by atoms with van der Waals surface area (Å²) in [6.45, 7) is 0. The van der Waals surface area contributed by atoms with Crippen molar-refractivity contribution in [3.8, 4) is 6.07 Å². The van der Waals surface area contributed by atoms with Crippen LogP contribution in [0.25, 0.3) is 0 Å². The van der Waals surface area contributed by atoms with Gasteiger partial charge in [0.1, 0.15) is 11.9 Å². The Bertz CT molecular complexity index is 679. The molecule has 0 atom stereocenters. The van der Waals surface area contributed by atoms with E-state index in [1.165, 1.54) is 12.1 Å². The number of aromatic nitrogens is 1. The molecule has 2 rings (SSSR count). The third kappa shape index (κ3) is 2.57. The minimum absolute atomic E-state index is 0.208. The van der Waals surface area contributed by atoms with Gasteiger partial charge in [-0.3, -0.25) is 0 Å². The van der Waals surface area contributed by atoms with Gasteiger partial charge in [-0.05, 0) is 18.2 Å². The highest BCUT2D eigenvalue weighted by Crippen LogP contribution is 2.22. The Labute approximate surface area is 106 Å². The Hall–Kier alpha value is -2.75. The van der Waals surface area contributed by atoms with Crippen molar-refractivity contribution in [3.05, 3.63) is 47.3 Å². The molecule has 0 aliphatic heterocycles. The molecule has 0 aliphatic carbocycles. The number of pyridine rings is 1. The summed E-state index contributed by atoms with van der Waals surface area (Å²) in [5.41, 5.74) is 5.24. The van der Waals surface area contributed by atoms with Gasteiger partial charge >= 0.3 is 0 Å². The third-order valence-electron chi connectivity index (χ3n) is 2.31. The standard InChI is InChI=1S/C12H7F3N4/c13-8-2-1-7(3-6(8)5-16)18-12-10(15)4-9(14)11(17)19-12/h1-4H,(H3,17,18,19). The lowest BCUT2D eigenvalue weighted by Gasteiger charge is -2.08. The molecule has 3 N–H and O–H groups in total. The van der Waals surface area contributed by atoms with Gasteiger partial charge in [0.15, 0.2) is 23.3 Å². The summed E-state index contributed by atoms with van der Waals surface area (Å²) in [5, 5.41) is 11.2. The van der Waals surface area contributed by atoms with Crippen LogP contribution in [-0.2, 0) is 0 Å². The first-order valence-corrected chi connectivity index (χ1v) is 5.09. The van der Waals surface area contributed by atoms with Crippen LogP contribution in [-0.4, -0.2) is 4.98 Å². The maximum absolute atomic E-state index is 13.4. The molecular formula is C12H7F3N4. The molecule has 1 aromatic heterocycles. The van der Waals surface area contributed by atoms with Crippen LogP contribution in [0.4, 0.5) is 30.5 Å². The highest BCUT2D eigenvalue weighted by Gasteiger charge is 2.11. The van der Waals surface area contributed by atoms with E-state index in [-0.39, 0.29) is 17.1 Å². The van der Waals surface area contributed by atoms with Crippen molar-refractivity contribution in [2.24, 2.45) is 0 Å². The number of hydrogen-bond acceptors (Lipinski definition) is 4. The fourth-order valence-electron chi connectivity index (χ4n) is 1.39. The smallest absolute Gasteiger partial charge is 0.169 e. The molecule has 7 heteroatoms. The third-order valence-corrected chi connectivity index (χ3v) is 2.31. The van der Waals surface area contributed by atoms with Crippen molar-refractivity contribution in [3.63, 3.8) is 0 Å². The number of nitrogens with one attached hydrogen (secondary N) is 1. The van der Waals surface area contributed by atoms with Gasteiger partial charge in [-0.1, -0.05) is 0 Å². The zero-order chi connectivity index (χ0) is 14.0. The maximum atomic E-state index is 13.4. The van der Waals surface area contributed by atoms with E-state index in [2.05, 4.69) is 10.3 Å². The zero-order valence-corrected chi connectivity index (χ0v) is 9.42. The lowest BCUT2D eigenvalue weighted by Crippen LogP contribution is -2.03. The summed E-state index contributed by atoms with van der Waals surface area (Å²) in [7, 11) is 0. The molecule has 96 valence electrons. The largest absolute Gasteiger partial charge is 0.381 e. The van der Waals surface area contributed by atoms with Crippen LogP contribution in [0.5, 0.6) is 0 Å². The fourth-order valence-corrected chi connectivity index (χ4v) is 1.39. The molecule has 4 nitrogen and oxygen atoms in total. The second kappa shape index (κ2) is 4.86. The molecule has 1 aromatic carbocycles. The van der Waals surface area contributed by atoms with E-state index < -0.39 is 23.3 Å². The molecule has 2 aromatic rings. The second-order valence-corrected chi connectivity index (χ2v) is 3.62. The van der Waals surface area contributed by atoms with Crippen molar-refractivity contribution in [2.75, 3.05) is 11.1 Å². The van der Waals surface area contributed by atoms with E-state index in [1.807, 2.05) is 0 Å². The average molecular weight is 264 g/mol. The van der Waals surface area contributed by atoms with Crippen LogP contribution in [0.15, 0.2) is 24.3 Å². The summed E-state index contributed by atoms with van der Waals surface area (Å²) < 4.78 is 39.4. The molecule has 0 saturated heterocycles. The van der Waals surface area contributed by atoms with Crippen LogP contribution < -0.4 is 11.1 Å². The second-order valence-electron chi connectivity index (χ2n) is 3.62. The molecule has 0 fully saturated rings. The molecule has 0 saturated carbocycles. The summed E-state index contributed by atoms with van der Waals surface area (Å²) in [6, 6.07) is 5.74. The number of anilines is 3. The lowest BCUT2D eigenvalue weighted by molar-refractivity contribution is 0.581. The number of hydrogen-bond donors (Lipinski definition) is 2. The SMILES string of the molecule is N#Cc1cc(Nc2nc(N)c(F)cc2F)ccc1F. The normalized spacial score (nSPS) is 10.0. The first kappa shape index (κ1) is 12.7. The Kier molecular flexibility index (Phi) is 3.25. The van der Waals surface area contributed by atoms with Crippen molar-refractivity contribution >= 4 is 17.3 Å². The molecule has 1 heterocycles. The van der Waals surface area contributed by atoms with E-state index in [0.29, 0.717) is 6.07 Å². The minimum atomic E-state index is -0.972. The van der Waals surface area contributed by atoms with E-state index in [0.717, 1.165) is 6.07 Å². The number of nitrogens with zero attached hydrogens (tertiary/aromatic N) is 2. The summed E-state index contributed by atoms with van der Waals surface area (Å²) in [4.78, 5) is 3.49. The zero-order valence-electron chi connectivity index (χ0n) is 9.42. The first-order valence-electron chi connectivity index (χ1n) is 5.09. The Morgan fingerprint density at radius 1 is 1.11 bits per heavy atom. The lowest BCUT2D eigenvalue weighted by atomic mass is 10.2. The van der Waals surface area contributed by atoms with E-state index >= 15 is 0 Å². The van der Waals surface area contributed by atoms with Crippen LogP contribution >= 0.6 is 0 Å². The van der Waals surface area contributed by atoms with Gasteiger partial charge < -0.3 is 11.1 Å². The monoisotopic (exact) mass is 264 g/mol. The molecule has 0 amide bonds. The van der Waals surface area contributed by atoms with Crippen molar-refractivity contribution in [1.82, 2.24) is 4.98 Å². The van der Waals surface area contributed by atoms with Gasteiger partial charge in [0, 0.05) is 11.8 Å². The number of nitrogen functional groups attached to an aromatic ring is 1. The molecule has 0 bridgehead atoms. The van der Waals surface area contributed by atoms with Crippen LogP contribution in [0.1, 0.15) is 5.56 Å². The van der Waals surface area contributed by atoms with Crippen molar-refractivity contribution in [1.29, 1.82) is 5.26 Å². The average Bonchev–Trinajstić information content (AvgIpc) is 2.38. The topological polar surface area (TPSA) is 74.7 Å². The highest BCUT2D eigenvalue weighted by atomic mass is 19.1. The van der Waals surface area contributed by atoms with Gasteiger partial charge in [0.05, 0.1) is 5.56 Å². The number of benzene rings is 1. The molecule has 0 spiro atoms. The number of nitrogens with two attached hydrogens (primary N) is 1. The fraction of sp³-hybridized carbons (Fsp3) is 0. The predicted octanol–water partition coefficient (Wildman–Crippen LogP) is 2.70. The number of rotatable bonds is 2. The Balaban J connectivity index is 2.37. The summed E-state index contributed by atoms with van der Waals surface area (Å²) in [5.74, 6) is -3.39. The molecule has 19 heavy (non-hydrogen) atoms. The van der Waals surface area contributed by atoms with E-state index in [9.17, 15) is 13.2 Å². The maximum Gasteiger partial charge on any atom is 0.169 e. The van der Waals surface area contributed by atoms with Gasteiger partial charge in [-0.25, -0.2) is 18.2 Å². The van der Waals surface area contributed by atoms with Crippen molar-refractivity contribution in [2.45, 2.75) is 0 Å². The summed E-state index contributed by atoms with van der Waals surface area (Å²) in [6.07, 6.45) is 0. The molecule has 0 radical (unpaired) electrons. The van der Waals surface area contributed by atoms with Gasteiger partial charge in [0.2, 0.25) is 0 Å². The molecule has 0 aliphatic rings.